The van der Waals surface area contributed by atoms with E-state index in [9.17, 15) is 14.7 Å². The van der Waals surface area contributed by atoms with Crippen molar-refractivity contribution >= 4 is 17.2 Å². The molecule has 3 aromatic rings. The minimum Gasteiger partial charge on any atom is -0.496 e. The number of aromatic amines is 1. The lowest BCUT2D eigenvalue weighted by Gasteiger charge is -2.11. The lowest BCUT2D eigenvalue weighted by molar-refractivity contribution is 0.0947. The topological polar surface area (TPSA) is 104 Å². The molecule has 0 aliphatic heterocycles. The summed E-state index contributed by atoms with van der Waals surface area (Å²) in [6.07, 6.45) is 2.00. The Morgan fingerprint density at radius 2 is 2.19 bits per heavy atom. The van der Waals surface area contributed by atoms with E-state index in [0.717, 1.165) is 22.6 Å². The normalized spacial score (nSPS) is 10.5. The van der Waals surface area contributed by atoms with Crippen molar-refractivity contribution < 1.29 is 14.6 Å². The number of aromatic nitrogens is 2. The standard InChI is InChI=1S/C18H17N3O4S/c1-25-14-6-5-11(9-15-17(23)21-18(24)26-15)8-13(14)16(22)20-10-12-4-2-3-7-19-12/h2-8,23H,9-10H2,1H3,(H,20,22)(H,21,24). The highest BCUT2D eigenvalue weighted by atomic mass is 32.1. The number of hydrogen-bond donors (Lipinski definition) is 3. The lowest BCUT2D eigenvalue weighted by Crippen LogP contribution is -2.24. The van der Waals surface area contributed by atoms with Gasteiger partial charge in [-0.15, -0.1) is 0 Å². The molecule has 0 aliphatic rings. The van der Waals surface area contributed by atoms with E-state index in [0.29, 0.717) is 29.2 Å². The van der Waals surface area contributed by atoms with E-state index >= 15 is 0 Å². The summed E-state index contributed by atoms with van der Waals surface area (Å²) in [7, 11) is 1.49. The highest BCUT2D eigenvalue weighted by Crippen LogP contribution is 2.25. The first-order valence-corrected chi connectivity index (χ1v) is 8.64. The minimum absolute atomic E-state index is 0.142. The molecule has 1 aromatic carbocycles. The SMILES string of the molecule is COc1ccc(Cc2sc(=O)[nH]c2O)cc1C(=O)NCc1ccccn1. The second-order valence-corrected chi connectivity index (χ2v) is 6.57. The molecule has 2 heterocycles. The molecule has 26 heavy (non-hydrogen) atoms. The zero-order valence-electron chi connectivity index (χ0n) is 14.0. The van der Waals surface area contributed by atoms with Gasteiger partial charge in [-0.25, -0.2) is 0 Å². The van der Waals surface area contributed by atoms with Crippen LogP contribution < -0.4 is 14.9 Å². The van der Waals surface area contributed by atoms with Crippen molar-refractivity contribution in [2.45, 2.75) is 13.0 Å². The molecule has 3 N–H and O–H groups in total. The van der Waals surface area contributed by atoms with Crippen LogP contribution in [0.4, 0.5) is 0 Å². The molecule has 3 rings (SSSR count). The summed E-state index contributed by atoms with van der Waals surface area (Å²) in [5, 5.41) is 12.5. The van der Waals surface area contributed by atoms with Gasteiger partial charge in [-0.1, -0.05) is 23.5 Å². The number of H-pyrrole nitrogens is 1. The second kappa shape index (κ2) is 7.83. The van der Waals surface area contributed by atoms with Gasteiger partial charge >= 0.3 is 4.87 Å². The average Bonchev–Trinajstić information content (AvgIpc) is 2.97. The zero-order valence-corrected chi connectivity index (χ0v) is 14.8. The van der Waals surface area contributed by atoms with Crippen molar-refractivity contribution in [1.82, 2.24) is 15.3 Å². The molecule has 7 nitrogen and oxygen atoms in total. The third-order valence-corrected chi connectivity index (χ3v) is 4.60. The van der Waals surface area contributed by atoms with Crippen LogP contribution in [-0.4, -0.2) is 28.1 Å². The van der Waals surface area contributed by atoms with Crippen LogP contribution in [0, 0.1) is 0 Å². The number of ether oxygens (including phenoxy) is 1. The third kappa shape index (κ3) is 4.09. The molecule has 0 spiro atoms. The maximum atomic E-state index is 12.6. The molecule has 0 radical (unpaired) electrons. The fourth-order valence-electron chi connectivity index (χ4n) is 2.47. The Bertz CT molecular complexity index is 966. The van der Waals surface area contributed by atoms with E-state index in [-0.39, 0.29) is 16.7 Å². The summed E-state index contributed by atoms with van der Waals surface area (Å²) in [5.41, 5.74) is 1.90. The number of pyridine rings is 1. The summed E-state index contributed by atoms with van der Waals surface area (Å²) in [6, 6.07) is 10.7. The van der Waals surface area contributed by atoms with Gasteiger partial charge < -0.3 is 15.2 Å². The molecule has 0 saturated heterocycles. The molecule has 0 bridgehead atoms. The number of nitrogens with one attached hydrogen (secondary N) is 2. The number of hydrogen-bond acceptors (Lipinski definition) is 6. The minimum atomic E-state index is -0.320. The smallest absolute Gasteiger partial charge is 0.307 e. The summed E-state index contributed by atoms with van der Waals surface area (Å²) >= 11 is 0.940. The first-order chi connectivity index (χ1) is 12.6. The van der Waals surface area contributed by atoms with E-state index < -0.39 is 0 Å². The van der Waals surface area contributed by atoms with E-state index in [4.69, 9.17) is 4.74 Å². The number of carbonyl (C=O) groups excluding carboxylic acids is 1. The molecule has 0 fully saturated rings. The fraction of sp³-hybridized carbons (Fsp3) is 0.167. The summed E-state index contributed by atoms with van der Waals surface area (Å²) < 4.78 is 5.27. The van der Waals surface area contributed by atoms with Crippen molar-refractivity contribution in [3.63, 3.8) is 0 Å². The maximum Gasteiger partial charge on any atom is 0.307 e. The van der Waals surface area contributed by atoms with Gasteiger partial charge in [0, 0.05) is 12.6 Å². The molecule has 0 saturated carbocycles. The van der Waals surface area contributed by atoms with Crippen molar-refractivity contribution in [2.24, 2.45) is 0 Å². The molecule has 0 atom stereocenters. The number of benzene rings is 1. The van der Waals surface area contributed by atoms with Crippen LogP contribution in [0.2, 0.25) is 0 Å². The molecule has 2 aromatic heterocycles. The molecular weight excluding hydrogens is 354 g/mol. The van der Waals surface area contributed by atoms with Crippen molar-refractivity contribution in [3.8, 4) is 11.6 Å². The second-order valence-electron chi connectivity index (χ2n) is 5.50. The number of methoxy groups -OCH3 is 1. The number of thiazole rings is 1. The van der Waals surface area contributed by atoms with Crippen molar-refractivity contribution in [1.29, 1.82) is 0 Å². The lowest BCUT2D eigenvalue weighted by atomic mass is 10.1. The number of carbonyl (C=O) groups is 1. The predicted octanol–water partition coefficient (Wildman–Crippen LogP) is 2.07. The van der Waals surface area contributed by atoms with Gasteiger partial charge in [-0.3, -0.25) is 19.6 Å². The Kier molecular flexibility index (Phi) is 5.33. The van der Waals surface area contributed by atoms with Crippen LogP contribution in [0.25, 0.3) is 0 Å². The molecule has 8 heteroatoms. The predicted molar refractivity (Wildman–Crippen MR) is 97.8 cm³/mol. The first kappa shape index (κ1) is 17.7. The number of nitrogens with zero attached hydrogens (tertiary/aromatic N) is 1. The van der Waals surface area contributed by atoms with Gasteiger partial charge in [-0.05, 0) is 29.8 Å². The van der Waals surface area contributed by atoms with E-state index in [1.54, 1.807) is 24.4 Å². The Morgan fingerprint density at radius 1 is 1.35 bits per heavy atom. The quantitative estimate of drug-likeness (QED) is 0.615. The monoisotopic (exact) mass is 371 g/mol. The van der Waals surface area contributed by atoms with Crippen LogP contribution in [0.15, 0.2) is 47.4 Å². The highest BCUT2D eigenvalue weighted by molar-refractivity contribution is 7.09. The number of aromatic hydroxyl groups is 1. The Balaban J connectivity index is 1.79. The van der Waals surface area contributed by atoms with E-state index in [1.165, 1.54) is 7.11 Å². The van der Waals surface area contributed by atoms with Gasteiger partial charge in [0.15, 0.2) is 0 Å². The summed E-state index contributed by atoms with van der Waals surface area (Å²) in [6.45, 7) is 0.299. The first-order valence-electron chi connectivity index (χ1n) is 7.83. The summed E-state index contributed by atoms with van der Waals surface area (Å²) in [5.74, 6) is 0.0107. The Hall–Kier alpha value is -3.13. The van der Waals surface area contributed by atoms with Crippen LogP contribution in [0.1, 0.15) is 26.5 Å². The molecule has 1 amide bonds. The zero-order chi connectivity index (χ0) is 18.5. The van der Waals surface area contributed by atoms with Crippen LogP contribution in [-0.2, 0) is 13.0 Å². The molecule has 0 aliphatic carbocycles. The Labute approximate surface area is 153 Å². The van der Waals surface area contributed by atoms with Crippen LogP contribution >= 0.6 is 11.3 Å². The van der Waals surface area contributed by atoms with Gasteiger partial charge in [0.25, 0.3) is 5.91 Å². The van der Waals surface area contributed by atoms with E-state index in [1.807, 2.05) is 18.2 Å². The number of rotatable bonds is 6. The average molecular weight is 371 g/mol. The highest BCUT2D eigenvalue weighted by Gasteiger charge is 2.15. The van der Waals surface area contributed by atoms with Gasteiger partial charge in [-0.2, -0.15) is 0 Å². The van der Waals surface area contributed by atoms with Gasteiger partial charge in [0.05, 0.1) is 29.8 Å². The van der Waals surface area contributed by atoms with Crippen LogP contribution in [0.3, 0.4) is 0 Å². The molecule has 134 valence electrons. The third-order valence-electron chi connectivity index (χ3n) is 3.73. The fourth-order valence-corrected chi connectivity index (χ4v) is 3.23. The molecular formula is C18H17N3O4S. The van der Waals surface area contributed by atoms with Crippen molar-refractivity contribution in [2.75, 3.05) is 7.11 Å². The number of amides is 1. The molecule has 0 unspecified atom stereocenters. The van der Waals surface area contributed by atoms with Gasteiger partial charge in [0.2, 0.25) is 5.88 Å². The van der Waals surface area contributed by atoms with Crippen molar-refractivity contribution in [3.05, 3.63) is 74.0 Å². The van der Waals surface area contributed by atoms with E-state index in [2.05, 4.69) is 15.3 Å². The largest absolute Gasteiger partial charge is 0.496 e. The van der Waals surface area contributed by atoms with Gasteiger partial charge in [0.1, 0.15) is 5.75 Å². The van der Waals surface area contributed by atoms with Crippen LogP contribution in [0.5, 0.6) is 11.6 Å². The Morgan fingerprint density at radius 3 is 2.85 bits per heavy atom. The summed E-state index contributed by atoms with van der Waals surface area (Å²) in [4.78, 5) is 30.6. The maximum absolute atomic E-state index is 12.6.